The first-order chi connectivity index (χ1) is 8.66. The first kappa shape index (κ1) is 12.9. The molecule has 4 nitrogen and oxygen atoms in total. The Bertz CT molecular complexity index is 394. The molecule has 4 heteroatoms. The van der Waals surface area contributed by atoms with Crippen molar-refractivity contribution < 1.29 is 9.53 Å². The predicted molar refractivity (Wildman–Crippen MR) is 70.0 cm³/mol. The molecule has 1 aliphatic rings. The average Bonchev–Trinajstić information content (AvgIpc) is 2.40. The number of likely N-dealkylation sites (tertiary alicyclic amines) is 1. The molecule has 0 aromatic heterocycles. The second kappa shape index (κ2) is 5.87. The van der Waals surface area contributed by atoms with Gasteiger partial charge in [-0.3, -0.25) is 0 Å². The van der Waals surface area contributed by atoms with Gasteiger partial charge in [0.15, 0.2) is 0 Å². The number of nitrogens with zero attached hydrogens (tertiary/aromatic N) is 1. The van der Waals surface area contributed by atoms with Crippen LogP contribution < -0.4 is 5.73 Å². The van der Waals surface area contributed by atoms with Gasteiger partial charge in [0.05, 0.1) is 0 Å². The first-order valence-corrected chi connectivity index (χ1v) is 6.39. The van der Waals surface area contributed by atoms with Crippen LogP contribution in [0.1, 0.15) is 25.3 Å². The molecule has 0 spiro atoms. The van der Waals surface area contributed by atoms with Gasteiger partial charge in [0, 0.05) is 18.6 Å². The molecule has 1 amide bonds. The minimum atomic E-state index is -0.262. The predicted octanol–water partition coefficient (Wildman–Crippen LogP) is 2.13. The summed E-state index contributed by atoms with van der Waals surface area (Å²) >= 11 is 0. The number of rotatable bonds is 2. The van der Waals surface area contributed by atoms with Crippen molar-refractivity contribution in [2.75, 3.05) is 6.54 Å². The van der Waals surface area contributed by atoms with Crippen molar-refractivity contribution in [2.45, 2.75) is 38.5 Å². The van der Waals surface area contributed by atoms with Crippen LogP contribution in [0, 0.1) is 0 Å². The molecule has 2 atom stereocenters. The Kier molecular flexibility index (Phi) is 4.20. The van der Waals surface area contributed by atoms with Crippen LogP contribution in [0.3, 0.4) is 0 Å². The lowest BCUT2D eigenvalue weighted by Crippen LogP contribution is -2.50. The van der Waals surface area contributed by atoms with Crippen LogP contribution in [0.5, 0.6) is 0 Å². The van der Waals surface area contributed by atoms with Gasteiger partial charge in [-0.05, 0) is 25.3 Å². The van der Waals surface area contributed by atoms with Gasteiger partial charge in [0.1, 0.15) is 6.61 Å². The molecule has 0 aliphatic carbocycles. The smallest absolute Gasteiger partial charge is 0.410 e. The molecule has 1 heterocycles. The fraction of sp³-hybridized carbons (Fsp3) is 0.500. The summed E-state index contributed by atoms with van der Waals surface area (Å²) in [5.41, 5.74) is 6.88. The SMILES string of the molecule is C[C@H]1CC[C@@H](N)CN1C(=O)OCc1ccccc1. The standard InChI is InChI=1S/C14H20N2O2/c1-11-7-8-13(15)9-16(11)14(17)18-10-12-5-3-2-4-6-12/h2-6,11,13H,7-10,15H2,1H3/t11-,13+/m0/s1. The van der Waals surface area contributed by atoms with E-state index < -0.39 is 0 Å². The Morgan fingerprint density at radius 1 is 1.39 bits per heavy atom. The quantitative estimate of drug-likeness (QED) is 0.872. The van der Waals surface area contributed by atoms with Crippen molar-refractivity contribution in [1.82, 2.24) is 4.90 Å². The van der Waals surface area contributed by atoms with E-state index in [0.29, 0.717) is 13.2 Å². The molecule has 0 radical (unpaired) electrons. The third kappa shape index (κ3) is 3.23. The van der Waals surface area contributed by atoms with E-state index in [2.05, 4.69) is 0 Å². The van der Waals surface area contributed by atoms with Gasteiger partial charge in [-0.25, -0.2) is 4.79 Å². The van der Waals surface area contributed by atoms with Crippen LogP contribution >= 0.6 is 0 Å². The second-order valence-corrected chi connectivity index (χ2v) is 4.88. The number of hydrogen-bond acceptors (Lipinski definition) is 3. The summed E-state index contributed by atoms with van der Waals surface area (Å²) < 4.78 is 5.32. The number of nitrogens with two attached hydrogens (primary N) is 1. The van der Waals surface area contributed by atoms with Gasteiger partial charge < -0.3 is 15.4 Å². The van der Waals surface area contributed by atoms with Gasteiger partial charge in [-0.1, -0.05) is 30.3 Å². The average molecular weight is 248 g/mol. The van der Waals surface area contributed by atoms with E-state index in [1.165, 1.54) is 0 Å². The van der Waals surface area contributed by atoms with E-state index in [-0.39, 0.29) is 18.2 Å². The fourth-order valence-corrected chi connectivity index (χ4v) is 2.19. The lowest BCUT2D eigenvalue weighted by Gasteiger charge is -2.35. The van der Waals surface area contributed by atoms with E-state index in [9.17, 15) is 4.79 Å². The summed E-state index contributed by atoms with van der Waals surface area (Å²) in [6.45, 7) is 2.95. The van der Waals surface area contributed by atoms with Crippen molar-refractivity contribution in [2.24, 2.45) is 5.73 Å². The third-order valence-electron chi connectivity index (χ3n) is 3.36. The zero-order valence-electron chi connectivity index (χ0n) is 10.7. The van der Waals surface area contributed by atoms with Gasteiger partial charge >= 0.3 is 6.09 Å². The van der Waals surface area contributed by atoms with Crippen LogP contribution in [0.4, 0.5) is 4.79 Å². The van der Waals surface area contributed by atoms with Crippen molar-refractivity contribution in [1.29, 1.82) is 0 Å². The fourth-order valence-electron chi connectivity index (χ4n) is 2.19. The number of ether oxygens (including phenoxy) is 1. The Balaban J connectivity index is 1.87. The molecule has 98 valence electrons. The van der Waals surface area contributed by atoms with Crippen molar-refractivity contribution >= 4 is 6.09 Å². The van der Waals surface area contributed by atoms with Crippen LogP contribution in [-0.4, -0.2) is 29.6 Å². The molecule has 0 unspecified atom stereocenters. The van der Waals surface area contributed by atoms with E-state index in [1.54, 1.807) is 4.90 Å². The van der Waals surface area contributed by atoms with Crippen LogP contribution in [0.15, 0.2) is 30.3 Å². The van der Waals surface area contributed by atoms with Gasteiger partial charge in [0.25, 0.3) is 0 Å². The lowest BCUT2D eigenvalue weighted by molar-refractivity contribution is 0.0680. The zero-order chi connectivity index (χ0) is 13.0. The van der Waals surface area contributed by atoms with Crippen molar-refractivity contribution in [3.63, 3.8) is 0 Å². The van der Waals surface area contributed by atoms with E-state index >= 15 is 0 Å². The van der Waals surface area contributed by atoms with E-state index in [0.717, 1.165) is 18.4 Å². The summed E-state index contributed by atoms with van der Waals surface area (Å²) in [5, 5.41) is 0. The monoisotopic (exact) mass is 248 g/mol. The van der Waals surface area contributed by atoms with E-state index in [4.69, 9.17) is 10.5 Å². The summed E-state index contributed by atoms with van der Waals surface area (Å²) in [6.07, 6.45) is 1.66. The highest BCUT2D eigenvalue weighted by atomic mass is 16.6. The molecular formula is C14H20N2O2. The number of piperidine rings is 1. The topological polar surface area (TPSA) is 55.6 Å². The van der Waals surface area contributed by atoms with E-state index in [1.807, 2.05) is 37.3 Å². The molecule has 1 aromatic rings. The normalized spacial score (nSPS) is 23.8. The maximum Gasteiger partial charge on any atom is 0.410 e. The minimum absolute atomic E-state index is 0.0745. The highest BCUT2D eigenvalue weighted by molar-refractivity contribution is 5.68. The van der Waals surface area contributed by atoms with Crippen molar-refractivity contribution in [3.05, 3.63) is 35.9 Å². The molecule has 0 saturated carbocycles. The number of carbonyl (C=O) groups excluding carboxylic acids is 1. The molecule has 2 N–H and O–H groups in total. The van der Waals surface area contributed by atoms with Gasteiger partial charge in [0.2, 0.25) is 0 Å². The molecule has 0 bridgehead atoms. The summed E-state index contributed by atoms with van der Waals surface area (Å²) in [7, 11) is 0. The lowest BCUT2D eigenvalue weighted by atomic mass is 10.0. The molecule has 1 aromatic carbocycles. The van der Waals surface area contributed by atoms with Crippen LogP contribution in [-0.2, 0) is 11.3 Å². The molecule has 2 rings (SSSR count). The third-order valence-corrected chi connectivity index (χ3v) is 3.36. The van der Waals surface area contributed by atoms with Gasteiger partial charge in [-0.2, -0.15) is 0 Å². The first-order valence-electron chi connectivity index (χ1n) is 6.39. The number of carbonyl (C=O) groups is 1. The molecule has 1 fully saturated rings. The molecule has 1 saturated heterocycles. The number of amides is 1. The number of hydrogen-bond donors (Lipinski definition) is 1. The van der Waals surface area contributed by atoms with Crippen LogP contribution in [0.2, 0.25) is 0 Å². The number of benzene rings is 1. The summed E-state index contributed by atoms with van der Waals surface area (Å²) in [5.74, 6) is 0. The Morgan fingerprint density at radius 2 is 2.11 bits per heavy atom. The Labute approximate surface area is 108 Å². The highest BCUT2D eigenvalue weighted by Crippen LogP contribution is 2.17. The maximum absolute atomic E-state index is 12.0. The molecule has 1 aliphatic heterocycles. The summed E-state index contributed by atoms with van der Waals surface area (Å²) in [4.78, 5) is 13.7. The Hall–Kier alpha value is -1.55. The van der Waals surface area contributed by atoms with Gasteiger partial charge in [-0.15, -0.1) is 0 Å². The Morgan fingerprint density at radius 3 is 2.83 bits per heavy atom. The maximum atomic E-state index is 12.0. The highest BCUT2D eigenvalue weighted by Gasteiger charge is 2.28. The second-order valence-electron chi connectivity index (χ2n) is 4.88. The molecular weight excluding hydrogens is 228 g/mol. The van der Waals surface area contributed by atoms with Crippen LogP contribution in [0.25, 0.3) is 0 Å². The minimum Gasteiger partial charge on any atom is -0.445 e. The molecule has 18 heavy (non-hydrogen) atoms. The largest absolute Gasteiger partial charge is 0.445 e. The van der Waals surface area contributed by atoms with Crippen molar-refractivity contribution in [3.8, 4) is 0 Å². The summed E-state index contributed by atoms with van der Waals surface area (Å²) in [6, 6.07) is 9.98. The zero-order valence-corrected chi connectivity index (χ0v) is 10.7.